The monoisotopic (exact) mass is 422 g/mol. The summed E-state index contributed by atoms with van der Waals surface area (Å²) in [5.74, 6) is -0.278. The Hall–Kier alpha value is -2.08. The van der Waals surface area contributed by atoms with Gasteiger partial charge in [0.05, 0.1) is 7.05 Å². The first-order chi connectivity index (χ1) is 13.2. The first-order valence-electron chi connectivity index (χ1n) is 9.05. The van der Waals surface area contributed by atoms with Crippen molar-refractivity contribution in [2.24, 2.45) is 0 Å². The molecule has 7 heteroatoms. The molecule has 2 aromatic rings. The fourth-order valence-corrected chi connectivity index (χ4v) is 3.57. The number of aryl methyl sites for hydroxylation is 3. The molecule has 1 atom stereocenters. The molecule has 0 saturated heterocycles. The van der Waals surface area contributed by atoms with Gasteiger partial charge in [-0.2, -0.15) is 0 Å². The lowest BCUT2D eigenvalue weighted by Crippen LogP contribution is -3.11. The zero-order valence-corrected chi connectivity index (χ0v) is 18.1. The summed E-state index contributed by atoms with van der Waals surface area (Å²) in [7, 11) is 1.81. The number of quaternary nitrogens is 1. The summed E-state index contributed by atoms with van der Waals surface area (Å²) >= 11 is 12.0. The molecule has 2 rings (SSSR count). The van der Waals surface area contributed by atoms with E-state index in [-0.39, 0.29) is 24.9 Å². The molecule has 0 heterocycles. The third-order valence-electron chi connectivity index (χ3n) is 4.36. The van der Waals surface area contributed by atoms with E-state index in [1.807, 2.05) is 40.0 Å². The molecule has 28 heavy (non-hydrogen) atoms. The zero-order chi connectivity index (χ0) is 20.8. The van der Waals surface area contributed by atoms with Gasteiger partial charge in [-0.05, 0) is 49.6 Å². The number of hydrogen-bond donors (Lipinski definition) is 3. The van der Waals surface area contributed by atoms with Gasteiger partial charge in [0.25, 0.3) is 11.8 Å². The number of likely N-dealkylation sites (N-methyl/N-ethyl adjacent to an activating group) is 1. The lowest BCUT2D eigenvalue weighted by Gasteiger charge is -2.16. The lowest BCUT2D eigenvalue weighted by molar-refractivity contribution is -0.862. The molecule has 3 N–H and O–H groups in total. The third kappa shape index (κ3) is 6.51. The molecule has 2 amide bonds. The van der Waals surface area contributed by atoms with Gasteiger partial charge in [0.1, 0.15) is 0 Å². The molecule has 0 aliphatic heterocycles. The molecule has 150 valence electrons. The lowest BCUT2D eigenvalue weighted by atomic mass is 10.1. The van der Waals surface area contributed by atoms with Crippen molar-refractivity contribution in [3.8, 4) is 0 Å². The maximum Gasteiger partial charge on any atom is 0.279 e. The zero-order valence-electron chi connectivity index (χ0n) is 16.6. The van der Waals surface area contributed by atoms with E-state index in [0.717, 1.165) is 32.8 Å². The van der Waals surface area contributed by atoms with Crippen molar-refractivity contribution in [1.82, 2.24) is 5.32 Å². The second-order valence-electron chi connectivity index (χ2n) is 7.15. The summed E-state index contributed by atoms with van der Waals surface area (Å²) in [4.78, 5) is 25.3. The largest absolute Gasteiger partial charge is 0.347 e. The number of benzene rings is 2. The number of carbonyl (C=O) groups excluding carboxylic acids is 2. The van der Waals surface area contributed by atoms with Crippen LogP contribution in [0.15, 0.2) is 30.3 Å². The second kappa shape index (κ2) is 9.92. The summed E-state index contributed by atoms with van der Waals surface area (Å²) in [5, 5.41) is 6.84. The van der Waals surface area contributed by atoms with E-state index in [4.69, 9.17) is 23.2 Å². The summed E-state index contributed by atoms with van der Waals surface area (Å²) in [6, 6.07) is 9.22. The van der Waals surface area contributed by atoms with Gasteiger partial charge in [0.15, 0.2) is 13.1 Å². The molecule has 0 aliphatic rings. The van der Waals surface area contributed by atoms with Gasteiger partial charge >= 0.3 is 0 Å². The minimum atomic E-state index is -0.154. The predicted octanol–water partition coefficient (Wildman–Crippen LogP) is 2.69. The van der Waals surface area contributed by atoms with Crippen molar-refractivity contribution in [2.45, 2.75) is 27.3 Å². The van der Waals surface area contributed by atoms with E-state index in [1.165, 1.54) is 0 Å². The number of hydrogen-bond acceptors (Lipinski definition) is 2. The number of amides is 2. The molecular formula is C21H26Cl2N3O2+. The first-order valence-corrected chi connectivity index (χ1v) is 9.81. The number of carbonyl (C=O) groups is 2. The highest BCUT2D eigenvalue weighted by atomic mass is 35.5. The molecular weight excluding hydrogens is 397 g/mol. The minimum absolute atomic E-state index is 0.124. The highest BCUT2D eigenvalue weighted by molar-refractivity contribution is 6.35. The van der Waals surface area contributed by atoms with Gasteiger partial charge in [-0.1, -0.05) is 47.0 Å². The van der Waals surface area contributed by atoms with Gasteiger partial charge in [0.2, 0.25) is 0 Å². The molecule has 0 radical (unpaired) electrons. The average Bonchev–Trinajstić information content (AvgIpc) is 2.57. The van der Waals surface area contributed by atoms with Crippen LogP contribution in [0.4, 0.5) is 5.69 Å². The number of rotatable bonds is 7. The Morgan fingerprint density at radius 2 is 1.57 bits per heavy atom. The van der Waals surface area contributed by atoms with E-state index < -0.39 is 0 Å². The molecule has 0 aromatic heterocycles. The van der Waals surface area contributed by atoms with Crippen LogP contribution < -0.4 is 15.5 Å². The van der Waals surface area contributed by atoms with E-state index in [0.29, 0.717) is 16.6 Å². The van der Waals surface area contributed by atoms with Crippen LogP contribution in [0.2, 0.25) is 10.0 Å². The molecule has 0 bridgehead atoms. The van der Waals surface area contributed by atoms with Crippen LogP contribution >= 0.6 is 23.2 Å². The summed E-state index contributed by atoms with van der Waals surface area (Å²) in [5.41, 5.74) is 4.85. The van der Waals surface area contributed by atoms with E-state index in [1.54, 1.807) is 18.2 Å². The summed E-state index contributed by atoms with van der Waals surface area (Å²) in [6.07, 6.45) is 0. The van der Waals surface area contributed by atoms with Crippen LogP contribution in [-0.4, -0.2) is 32.0 Å². The Labute approximate surface area is 176 Å². The minimum Gasteiger partial charge on any atom is -0.347 e. The van der Waals surface area contributed by atoms with Crippen LogP contribution in [-0.2, 0) is 16.1 Å². The molecule has 1 unspecified atom stereocenters. The van der Waals surface area contributed by atoms with Crippen LogP contribution in [0, 0.1) is 20.8 Å². The third-order valence-corrected chi connectivity index (χ3v) is 4.94. The standard InChI is InChI=1S/C21H25Cl2N3O2/c1-13-7-14(2)21(15(3)8-13)25-20(28)12-26(4)11-19(27)24-10-16-5-6-17(22)9-18(16)23/h5-9H,10-12H2,1-4H3,(H,24,27)(H,25,28)/p+1. The van der Waals surface area contributed by atoms with Crippen molar-refractivity contribution in [2.75, 3.05) is 25.5 Å². The maximum atomic E-state index is 12.4. The van der Waals surface area contributed by atoms with Gasteiger partial charge in [-0.3, -0.25) is 9.59 Å². The maximum absolute atomic E-state index is 12.4. The van der Waals surface area contributed by atoms with Crippen LogP contribution in [0.1, 0.15) is 22.3 Å². The summed E-state index contributed by atoms with van der Waals surface area (Å²) < 4.78 is 0. The quantitative estimate of drug-likeness (QED) is 0.642. The molecule has 5 nitrogen and oxygen atoms in total. The van der Waals surface area contributed by atoms with Crippen molar-refractivity contribution < 1.29 is 14.5 Å². The van der Waals surface area contributed by atoms with Gasteiger partial charge in [0, 0.05) is 22.3 Å². The molecule has 0 aliphatic carbocycles. The van der Waals surface area contributed by atoms with E-state index in [9.17, 15) is 9.59 Å². The first kappa shape index (κ1) is 22.2. The van der Waals surface area contributed by atoms with Crippen molar-refractivity contribution in [3.05, 3.63) is 62.6 Å². The number of halogens is 2. The Balaban J connectivity index is 1.83. The topological polar surface area (TPSA) is 62.6 Å². The summed E-state index contributed by atoms with van der Waals surface area (Å²) in [6.45, 7) is 6.67. The molecule has 0 spiro atoms. The SMILES string of the molecule is Cc1cc(C)c(NC(=O)C[NH+](C)CC(=O)NCc2ccc(Cl)cc2Cl)c(C)c1. The Morgan fingerprint density at radius 3 is 2.18 bits per heavy atom. The highest BCUT2D eigenvalue weighted by Crippen LogP contribution is 2.22. The van der Waals surface area contributed by atoms with Gasteiger partial charge in [-0.25, -0.2) is 0 Å². The Morgan fingerprint density at radius 1 is 0.964 bits per heavy atom. The molecule has 2 aromatic carbocycles. The highest BCUT2D eigenvalue weighted by Gasteiger charge is 2.16. The normalized spacial score (nSPS) is 11.8. The fourth-order valence-electron chi connectivity index (χ4n) is 3.09. The Kier molecular flexibility index (Phi) is 7.87. The number of anilines is 1. The van der Waals surface area contributed by atoms with Crippen molar-refractivity contribution in [3.63, 3.8) is 0 Å². The molecule has 0 saturated carbocycles. The van der Waals surface area contributed by atoms with Gasteiger partial charge in [-0.15, -0.1) is 0 Å². The average molecular weight is 423 g/mol. The van der Waals surface area contributed by atoms with Crippen LogP contribution in [0.5, 0.6) is 0 Å². The van der Waals surface area contributed by atoms with Crippen LogP contribution in [0.25, 0.3) is 0 Å². The Bertz CT molecular complexity index is 861. The van der Waals surface area contributed by atoms with E-state index in [2.05, 4.69) is 10.6 Å². The molecule has 0 fully saturated rings. The van der Waals surface area contributed by atoms with Crippen molar-refractivity contribution in [1.29, 1.82) is 0 Å². The smallest absolute Gasteiger partial charge is 0.279 e. The van der Waals surface area contributed by atoms with Gasteiger partial charge < -0.3 is 15.5 Å². The van der Waals surface area contributed by atoms with Crippen molar-refractivity contribution >= 4 is 40.7 Å². The second-order valence-corrected chi connectivity index (χ2v) is 7.99. The van der Waals surface area contributed by atoms with E-state index >= 15 is 0 Å². The number of nitrogens with one attached hydrogen (secondary N) is 3. The van der Waals surface area contributed by atoms with Crippen LogP contribution in [0.3, 0.4) is 0 Å². The fraction of sp³-hybridized carbons (Fsp3) is 0.333. The predicted molar refractivity (Wildman–Crippen MR) is 114 cm³/mol.